The highest BCUT2D eigenvalue weighted by atomic mass is 16.4. The second-order valence-corrected chi connectivity index (χ2v) is 11.5. The van der Waals surface area contributed by atoms with Gasteiger partial charge in [0.2, 0.25) is 17.7 Å². The van der Waals surface area contributed by atoms with Crippen LogP contribution in [0.4, 0.5) is 0 Å². The summed E-state index contributed by atoms with van der Waals surface area (Å²) >= 11 is 0. The van der Waals surface area contributed by atoms with E-state index in [4.69, 9.17) is 5.11 Å². The monoisotopic (exact) mass is 627 g/mol. The molecule has 254 valence electrons. The topological polar surface area (TPSA) is 199 Å². The summed E-state index contributed by atoms with van der Waals surface area (Å²) < 4.78 is 0. The Morgan fingerprint density at radius 2 is 0.841 bits per heavy atom. The van der Waals surface area contributed by atoms with Crippen molar-refractivity contribution in [2.24, 2.45) is 0 Å². The number of carboxylic acid groups (broad SMARTS) is 3. The van der Waals surface area contributed by atoms with Crippen molar-refractivity contribution >= 4 is 35.6 Å². The Morgan fingerprint density at radius 1 is 0.477 bits per heavy atom. The number of nitrogens with one attached hydrogen (secondary N) is 3. The van der Waals surface area contributed by atoms with Crippen LogP contribution >= 0.6 is 0 Å². The zero-order valence-corrected chi connectivity index (χ0v) is 26.7. The summed E-state index contributed by atoms with van der Waals surface area (Å²) in [6.07, 6.45) is 16.5. The Kier molecular flexibility index (Phi) is 25.4. The number of aliphatic carboxylic acids is 3. The van der Waals surface area contributed by atoms with Gasteiger partial charge in [-0.05, 0) is 32.1 Å². The van der Waals surface area contributed by atoms with Gasteiger partial charge in [0.05, 0.1) is 0 Å². The second kappa shape index (κ2) is 27.4. The first-order chi connectivity index (χ1) is 21.1. The van der Waals surface area contributed by atoms with Gasteiger partial charge in [0.25, 0.3) is 0 Å². The Morgan fingerprint density at radius 3 is 1.23 bits per heavy atom. The highest BCUT2D eigenvalue weighted by molar-refractivity contribution is 5.86. The maximum absolute atomic E-state index is 12.3. The van der Waals surface area contributed by atoms with Crippen LogP contribution in [0.5, 0.6) is 0 Å². The lowest BCUT2D eigenvalue weighted by Crippen LogP contribution is -2.44. The Hall–Kier alpha value is -3.18. The van der Waals surface area contributed by atoms with Gasteiger partial charge in [-0.15, -0.1) is 0 Å². The molecule has 0 aromatic rings. The fraction of sp³-hybridized carbons (Fsp3) is 0.812. The lowest BCUT2D eigenvalue weighted by atomic mass is 10.0. The third-order valence-corrected chi connectivity index (χ3v) is 7.48. The van der Waals surface area contributed by atoms with Crippen LogP contribution in [-0.4, -0.2) is 69.6 Å². The zero-order chi connectivity index (χ0) is 33.0. The molecule has 12 nitrogen and oxygen atoms in total. The van der Waals surface area contributed by atoms with Crippen LogP contribution in [0.3, 0.4) is 0 Å². The summed E-state index contributed by atoms with van der Waals surface area (Å²) in [5, 5.41) is 34.9. The molecule has 0 aliphatic heterocycles. The van der Waals surface area contributed by atoms with Crippen molar-refractivity contribution in [3.8, 4) is 0 Å². The van der Waals surface area contributed by atoms with E-state index in [0.717, 1.165) is 57.8 Å². The highest BCUT2D eigenvalue weighted by Gasteiger charge is 2.24. The summed E-state index contributed by atoms with van der Waals surface area (Å²) in [5.41, 5.74) is 0. The van der Waals surface area contributed by atoms with Gasteiger partial charge in [0.1, 0.15) is 12.1 Å². The van der Waals surface area contributed by atoms with Gasteiger partial charge in [-0.1, -0.05) is 90.4 Å². The van der Waals surface area contributed by atoms with Crippen LogP contribution in [0.2, 0.25) is 0 Å². The van der Waals surface area contributed by atoms with E-state index >= 15 is 0 Å². The average Bonchev–Trinajstić information content (AvgIpc) is 2.96. The third-order valence-electron chi connectivity index (χ3n) is 7.48. The van der Waals surface area contributed by atoms with Crippen molar-refractivity contribution in [1.82, 2.24) is 16.0 Å². The molecule has 0 bridgehead atoms. The smallest absolute Gasteiger partial charge is 0.326 e. The fourth-order valence-electron chi connectivity index (χ4n) is 4.77. The van der Waals surface area contributed by atoms with Gasteiger partial charge in [-0.2, -0.15) is 0 Å². The number of carbonyl (C=O) groups is 6. The average molecular weight is 628 g/mol. The molecule has 3 amide bonds. The van der Waals surface area contributed by atoms with E-state index in [1.807, 2.05) is 6.92 Å². The molecule has 0 radical (unpaired) electrons. The van der Waals surface area contributed by atoms with Crippen molar-refractivity contribution < 1.29 is 44.1 Å². The lowest BCUT2D eigenvalue weighted by Gasteiger charge is -2.17. The van der Waals surface area contributed by atoms with E-state index in [2.05, 4.69) is 16.0 Å². The molecule has 0 fully saturated rings. The van der Waals surface area contributed by atoms with E-state index in [9.17, 15) is 39.0 Å². The summed E-state index contributed by atoms with van der Waals surface area (Å²) in [4.78, 5) is 69.9. The Labute approximate surface area is 262 Å². The normalized spacial score (nSPS) is 12.2. The minimum Gasteiger partial charge on any atom is -0.481 e. The molecular weight excluding hydrogens is 570 g/mol. The molecule has 6 N–H and O–H groups in total. The highest BCUT2D eigenvalue weighted by Crippen LogP contribution is 2.14. The van der Waals surface area contributed by atoms with Crippen molar-refractivity contribution in [2.75, 3.05) is 6.54 Å². The van der Waals surface area contributed by atoms with Crippen LogP contribution in [0.25, 0.3) is 0 Å². The minimum absolute atomic E-state index is 0.0598. The first kappa shape index (κ1) is 40.8. The Balaban J connectivity index is 3.99. The van der Waals surface area contributed by atoms with E-state index in [1.165, 1.54) is 38.5 Å². The number of rotatable bonds is 30. The van der Waals surface area contributed by atoms with E-state index in [1.54, 1.807) is 0 Å². The summed E-state index contributed by atoms with van der Waals surface area (Å²) in [6.45, 7) is 2.49. The van der Waals surface area contributed by atoms with Gasteiger partial charge in [0.15, 0.2) is 0 Å². The second-order valence-electron chi connectivity index (χ2n) is 11.5. The molecule has 0 aliphatic carbocycles. The number of hydrogen-bond donors (Lipinski definition) is 6. The van der Waals surface area contributed by atoms with Crippen LogP contribution in [-0.2, 0) is 28.8 Å². The first-order valence-electron chi connectivity index (χ1n) is 16.6. The zero-order valence-electron chi connectivity index (χ0n) is 26.7. The van der Waals surface area contributed by atoms with E-state index in [0.29, 0.717) is 13.0 Å². The molecule has 0 aliphatic rings. The molecular formula is C32H57N3O9. The summed E-state index contributed by atoms with van der Waals surface area (Å²) in [7, 11) is 0. The van der Waals surface area contributed by atoms with Gasteiger partial charge < -0.3 is 31.3 Å². The molecule has 0 spiro atoms. The van der Waals surface area contributed by atoms with Crippen LogP contribution in [0.1, 0.15) is 148 Å². The predicted molar refractivity (Wildman–Crippen MR) is 167 cm³/mol. The predicted octanol–water partition coefficient (Wildman–Crippen LogP) is 4.93. The van der Waals surface area contributed by atoms with Crippen molar-refractivity contribution in [3.63, 3.8) is 0 Å². The maximum Gasteiger partial charge on any atom is 0.326 e. The molecule has 0 aromatic carbocycles. The summed E-state index contributed by atoms with van der Waals surface area (Å²) in [6, 6.07) is -2.52. The largest absolute Gasteiger partial charge is 0.481 e. The summed E-state index contributed by atoms with van der Waals surface area (Å²) in [5.74, 6) is -4.61. The molecule has 2 atom stereocenters. The number of amides is 3. The first-order valence-corrected chi connectivity index (χ1v) is 16.6. The van der Waals surface area contributed by atoms with Gasteiger partial charge >= 0.3 is 17.9 Å². The molecule has 0 aromatic heterocycles. The minimum atomic E-state index is -1.28. The maximum atomic E-state index is 12.3. The molecule has 0 saturated carbocycles. The van der Waals surface area contributed by atoms with Crippen LogP contribution in [0.15, 0.2) is 0 Å². The third kappa shape index (κ3) is 25.3. The lowest BCUT2D eigenvalue weighted by molar-refractivity contribution is -0.143. The number of unbranched alkanes of at least 4 members (excludes halogenated alkanes) is 14. The molecule has 12 heteroatoms. The van der Waals surface area contributed by atoms with Crippen LogP contribution in [0, 0.1) is 0 Å². The number of carboxylic acids is 3. The van der Waals surface area contributed by atoms with Gasteiger partial charge in [-0.25, -0.2) is 9.59 Å². The van der Waals surface area contributed by atoms with Crippen molar-refractivity contribution in [1.29, 1.82) is 0 Å². The molecule has 0 rings (SSSR count). The Bertz CT molecular complexity index is 851. The SMILES string of the molecule is CCCCNC(=O)CC[C@H](NC(=O)CC[C@H](NC(=O)CCCCCCCCCCCCCCCCC(=O)O)C(=O)O)C(=O)O. The molecule has 0 unspecified atom stereocenters. The van der Waals surface area contributed by atoms with E-state index in [-0.39, 0.29) is 44.4 Å². The van der Waals surface area contributed by atoms with Gasteiger partial charge in [0, 0.05) is 32.2 Å². The molecule has 44 heavy (non-hydrogen) atoms. The van der Waals surface area contributed by atoms with E-state index < -0.39 is 41.8 Å². The molecule has 0 heterocycles. The molecule has 0 saturated heterocycles. The quantitative estimate of drug-likeness (QED) is 0.0598. The number of hydrogen-bond acceptors (Lipinski definition) is 6. The van der Waals surface area contributed by atoms with Crippen molar-refractivity contribution in [3.05, 3.63) is 0 Å². The number of carbonyl (C=O) groups excluding carboxylic acids is 3. The van der Waals surface area contributed by atoms with Gasteiger partial charge in [-0.3, -0.25) is 19.2 Å². The van der Waals surface area contributed by atoms with Crippen LogP contribution < -0.4 is 16.0 Å². The fourth-order valence-corrected chi connectivity index (χ4v) is 4.77. The standard InChI is InChI=1S/C32H57N3O9/c1-2-3-24-33-27(36)22-20-25(31(41)42)35-29(38)23-21-26(32(43)44)34-28(37)18-16-14-12-10-8-6-4-5-7-9-11-13-15-17-19-30(39)40/h25-26H,2-24H2,1H3,(H,33,36)(H,34,37)(H,35,38)(H,39,40)(H,41,42)(H,43,44)/t25-,26-/m0/s1. The van der Waals surface area contributed by atoms with Crippen molar-refractivity contribution in [2.45, 2.75) is 160 Å².